The van der Waals surface area contributed by atoms with Crippen LogP contribution in [0.2, 0.25) is 0 Å². The van der Waals surface area contributed by atoms with Crippen LogP contribution < -0.4 is 0 Å². The molecule has 0 radical (unpaired) electrons. The molecule has 13 heavy (non-hydrogen) atoms. The van der Waals surface area contributed by atoms with Gasteiger partial charge in [0.1, 0.15) is 0 Å². The summed E-state index contributed by atoms with van der Waals surface area (Å²) in [7, 11) is 0. The lowest BCUT2D eigenvalue weighted by Crippen LogP contribution is -2.37. The molecule has 0 aromatic rings. The minimum atomic E-state index is 0.468. The van der Waals surface area contributed by atoms with Crippen molar-refractivity contribution in [1.29, 1.82) is 0 Å². The van der Waals surface area contributed by atoms with Gasteiger partial charge < -0.3 is 4.74 Å². The number of hydrogen-bond donors (Lipinski definition) is 0. The van der Waals surface area contributed by atoms with Gasteiger partial charge in [0.05, 0.1) is 6.10 Å². The minimum Gasteiger partial charge on any atom is -0.378 e. The van der Waals surface area contributed by atoms with Crippen LogP contribution in [0.5, 0.6) is 0 Å². The molecule has 2 atom stereocenters. The topological polar surface area (TPSA) is 9.23 Å². The van der Waals surface area contributed by atoms with Crippen molar-refractivity contribution in [3.8, 4) is 0 Å². The van der Waals surface area contributed by atoms with E-state index in [-0.39, 0.29) is 0 Å². The van der Waals surface area contributed by atoms with E-state index in [0.29, 0.717) is 11.5 Å². The van der Waals surface area contributed by atoms with Crippen LogP contribution in [0.1, 0.15) is 39.0 Å². The Hall–Kier alpha value is 0.440. The van der Waals surface area contributed by atoms with Crippen molar-refractivity contribution in [1.82, 2.24) is 0 Å². The Morgan fingerprint density at radius 1 is 1.38 bits per heavy atom. The van der Waals surface area contributed by atoms with Crippen LogP contribution in [-0.4, -0.2) is 18.0 Å². The molecule has 0 aromatic heterocycles. The highest BCUT2D eigenvalue weighted by Gasteiger charge is 2.47. The average Bonchev–Trinajstić information content (AvgIpc) is 2.73. The molecular weight excluding hydrogens is 228 g/mol. The molecule has 1 saturated heterocycles. The Morgan fingerprint density at radius 3 is 2.54 bits per heavy atom. The Morgan fingerprint density at radius 2 is 2.08 bits per heavy atom. The van der Waals surface area contributed by atoms with Crippen LogP contribution in [0.15, 0.2) is 0 Å². The summed E-state index contributed by atoms with van der Waals surface area (Å²) < 4.78 is 5.74. The lowest BCUT2D eigenvalue weighted by molar-refractivity contribution is 0.0446. The maximum atomic E-state index is 5.74. The van der Waals surface area contributed by atoms with E-state index in [4.69, 9.17) is 4.74 Å². The second kappa shape index (κ2) is 3.90. The quantitative estimate of drug-likeness (QED) is 0.680. The predicted octanol–water partition coefficient (Wildman–Crippen LogP) is 3.37. The molecule has 76 valence electrons. The molecule has 2 unspecified atom stereocenters. The van der Waals surface area contributed by atoms with E-state index in [9.17, 15) is 0 Å². The van der Waals surface area contributed by atoms with Crippen molar-refractivity contribution in [2.45, 2.75) is 45.1 Å². The fourth-order valence-corrected chi connectivity index (χ4v) is 4.31. The van der Waals surface area contributed by atoms with Crippen LogP contribution >= 0.6 is 15.9 Å². The number of alkyl halides is 1. The lowest BCUT2D eigenvalue weighted by Gasteiger charge is -2.36. The summed E-state index contributed by atoms with van der Waals surface area (Å²) in [6.45, 7) is 3.23. The van der Waals surface area contributed by atoms with Gasteiger partial charge in [-0.05, 0) is 32.1 Å². The first-order valence-electron chi connectivity index (χ1n) is 5.47. The standard InChI is InChI=1S/C11H19BrO/c1-9-11(8-12,6-7-13-9)10-4-2-3-5-10/h9-10H,2-8H2,1H3. The van der Waals surface area contributed by atoms with Crippen molar-refractivity contribution in [2.75, 3.05) is 11.9 Å². The van der Waals surface area contributed by atoms with Gasteiger partial charge in [0.15, 0.2) is 0 Å². The van der Waals surface area contributed by atoms with Crippen LogP contribution in [0.25, 0.3) is 0 Å². The molecule has 2 heteroatoms. The Balaban J connectivity index is 2.13. The zero-order chi connectivity index (χ0) is 9.31. The van der Waals surface area contributed by atoms with E-state index in [1.807, 2.05) is 0 Å². The zero-order valence-electron chi connectivity index (χ0n) is 8.39. The molecule has 0 bridgehead atoms. The summed E-state index contributed by atoms with van der Waals surface area (Å²) in [5.74, 6) is 0.921. The van der Waals surface area contributed by atoms with Crippen LogP contribution in [-0.2, 0) is 4.74 Å². The van der Waals surface area contributed by atoms with Crippen LogP contribution in [0.4, 0.5) is 0 Å². The zero-order valence-corrected chi connectivity index (χ0v) is 9.98. The van der Waals surface area contributed by atoms with Gasteiger partial charge in [0, 0.05) is 17.4 Å². The highest BCUT2D eigenvalue weighted by atomic mass is 79.9. The van der Waals surface area contributed by atoms with Gasteiger partial charge in [-0.2, -0.15) is 0 Å². The Bertz CT molecular complexity index is 177. The highest BCUT2D eigenvalue weighted by molar-refractivity contribution is 9.09. The van der Waals surface area contributed by atoms with Gasteiger partial charge in [0.25, 0.3) is 0 Å². The second-order valence-electron chi connectivity index (χ2n) is 4.61. The molecule has 0 N–H and O–H groups in total. The molecule has 0 amide bonds. The predicted molar refractivity (Wildman–Crippen MR) is 58.2 cm³/mol. The monoisotopic (exact) mass is 246 g/mol. The highest BCUT2D eigenvalue weighted by Crippen LogP contribution is 2.49. The molecular formula is C11H19BrO. The third-order valence-electron chi connectivity index (χ3n) is 4.16. The minimum absolute atomic E-state index is 0.468. The third-order valence-corrected chi connectivity index (χ3v) is 5.21. The fraction of sp³-hybridized carbons (Fsp3) is 1.00. The molecule has 2 rings (SSSR count). The SMILES string of the molecule is CC1OCCC1(CBr)C1CCCC1. The van der Waals surface area contributed by atoms with Crippen LogP contribution in [0.3, 0.4) is 0 Å². The molecule has 2 fully saturated rings. The molecule has 1 saturated carbocycles. The number of rotatable bonds is 2. The summed E-state index contributed by atoms with van der Waals surface area (Å²) in [5, 5.41) is 1.13. The van der Waals surface area contributed by atoms with Gasteiger partial charge in [-0.25, -0.2) is 0 Å². The van der Waals surface area contributed by atoms with E-state index in [1.54, 1.807) is 0 Å². The van der Waals surface area contributed by atoms with E-state index in [1.165, 1.54) is 32.1 Å². The van der Waals surface area contributed by atoms with Crippen molar-refractivity contribution in [2.24, 2.45) is 11.3 Å². The maximum absolute atomic E-state index is 5.74. The van der Waals surface area contributed by atoms with Gasteiger partial charge in [-0.1, -0.05) is 28.8 Å². The van der Waals surface area contributed by atoms with E-state index in [0.717, 1.165) is 17.9 Å². The number of hydrogen-bond acceptors (Lipinski definition) is 1. The third kappa shape index (κ3) is 1.56. The first-order chi connectivity index (χ1) is 6.29. The molecule has 1 aliphatic carbocycles. The molecule has 1 aliphatic heterocycles. The van der Waals surface area contributed by atoms with Gasteiger partial charge in [0.2, 0.25) is 0 Å². The van der Waals surface area contributed by atoms with Crippen LogP contribution in [0, 0.1) is 11.3 Å². The normalized spacial score (nSPS) is 41.5. The van der Waals surface area contributed by atoms with Gasteiger partial charge in [-0.3, -0.25) is 0 Å². The lowest BCUT2D eigenvalue weighted by atomic mass is 9.71. The largest absolute Gasteiger partial charge is 0.378 e. The number of ether oxygens (including phenoxy) is 1. The van der Waals surface area contributed by atoms with E-state index < -0.39 is 0 Å². The molecule has 0 spiro atoms. The van der Waals surface area contributed by atoms with Crippen molar-refractivity contribution in [3.63, 3.8) is 0 Å². The summed E-state index contributed by atoms with van der Waals surface area (Å²) in [6, 6.07) is 0. The molecule has 2 aliphatic rings. The molecule has 1 heterocycles. The van der Waals surface area contributed by atoms with Gasteiger partial charge in [-0.15, -0.1) is 0 Å². The van der Waals surface area contributed by atoms with Crippen molar-refractivity contribution < 1.29 is 4.74 Å². The Labute approximate surface area is 89.4 Å². The van der Waals surface area contributed by atoms with Crippen molar-refractivity contribution in [3.05, 3.63) is 0 Å². The fourth-order valence-electron chi connectivity index (χ4n) is 3.12. The number of halogens is 1. The summed E-state index contributed by atoms with van der Waals surface area (Å²) in [6.07, 6.45) is 7.47. The second-order valence-corrected chi connectivity index (χ2v) is 5.17. The Kier molecular flexibility index (Phi) is 2.99. The maximum Gasteiger partial charge on any atom is 0.0614 e. The first kappa shape index (κ1) is 9.97. The summed E-state index contributed by atoms with van der Waals surface area (Å²) in [4.78, 5) is 0. The molecule has 1 nitrogen and oxygen atoms in total. The smallest absolute Gasteiger partial charge is 0.0614 e. The summed E-state index contributed by atoms with van der Waals surface area (Å²) in [5.41, 5.74) is 0.469. The van der Waals surface area contributed by atoms with Gasteiger partial charge >= 0.3 is 0 Å². The average molecular weight is 247 g/mol. The first-order valence-corrected chi connectivity index (χ1v) is 6.59. The summed E-state index contributed by atoms with van der Waals surface area (Å²) >= 11 is 3.70. The van der Waals surface area contributed by atoms with Crippen molar-refractivity contribution >= 4 is 15.9 Å². The van der Waals surface area contributed by atoms with E-state index in [2.05, 4.69) is 22.9 Å². The van der Waals surface area contributed by atoms with E-state index >= 15 is 0 Å². The molecule has 0 aromatic carbocycles.